The maximum atomic E-state index is 11.2. The molecule has 0 fully saturated rings. The highest BCUT2D eigenvalue weighted by Gasteiger charge is 2.10. The number of ketones is 1. The number of carbonyl (C=O) groups is 1. The third kappa shape index (κ3) is 1.89. The number of rotatable bonds is 3. The van der Waals surface area contributed by atoms with Crippen LogP contribution < -0.4 is 5.73 Å². The van der Waals surface area contributed by atoms with Crippen LogP contribution in [0.25, 0.3) is 0 Å². The lowest BCUT2D eigenvalue weighted by Gasteiger charge is -1.96. The van der Waals surface area contributed by atoms with Crippen LogP contribution in [0.4, 0.5) is 0 Å². The smallest absolute Gasteiger partial charge is 0.181 e. The normalized spacial score (nSPS) is 12.9. The fourth-order valence-corrected chi connectivity index (χ4v) is 1.59. The first-order valence-electron chi connectivity index (χ1n) is 3.89. The SMILES string of the molecule is CCC(=O)c1csc(C(C)N)n1. The van der Waals surface area contributed by atoms with Gasteiger partial charge in [-0.15, -0.1) is 11.3 Å². The zero-order valence-corrected chi connectivity index (χ0v) is 8.02. The molecule has 0 aromatic carbocycles. The predicted octanol–water partition coefficient (Wildman–Crippen LogP) is 1.76. The predicted molar refractivity (Wildman–Crippen MR) is 49.3 cm³/mol. The van der Waals surface area contributed by atoms with Gasteiger partial charge >= 0.3 is 0 Å². The molecule has 0 bridgehead atoms. The molecule has 3 nitrogen and oxygen atoms in total. The van der Waals surface area contributed by atoms with Crippen LogP contribution in [0.1, 0.15) is 41.8 Å². The van der Waals surface area contributed by atoms with Gasteiger partial charge in [-0.1, -0.05) is 6.92 Å². The molecule has 1 heterocycles. The Labute approximate surface area is 75.6 Å². The first-order valence-corrected chi connectivity index (χ1v) is 4.77. The van der Waals surface area contributed by atoms with Gasteiger partial charge in [-0.05, 0) is 6.92 Å². The molecule has 0 aliphatic heterocycles. The van der Waals surface area contributed by atoms with Crippen molar-refractivity contribution in [2.45, 2.75) is 26.3 Å². The average Bonchev–Trinajstić information content (AvgIpc) is 2.51. The molecule has 0 saturated carbocycles. The summed E-state index contributed by atoms with van der Waals surface area (Å²) in [4.78, 5) is 15.3. The van der Waals surface area contributed by atoms with E-state index in [1.54, 1.807) is 5.38 Å². The van der Waals surface area contributed by atoms with E-state index in [1.165, 1.54) is 11.3 Å². The minimum atomic E-state index is -0.0755. The van der Waals surface area contributed by atoms with Crippen molar-refractivity contribution >= 4 is 17.1 Å². The van der Waals surface area contributed by atoms with E-state index in [4.69, 9.17) is 5.73 Å². The van der Waals surface area contributed by atoms with Crippen molar-refractivity contribution in [2.75, 3.05) is 0 Å². The summed E-state index contributed by atoms with van der Waals surface area (Å²) in [6.07, 6.45) is 0.502. The van der Waals surface area contributed by atoms with Crippen LogP contribution in [0, 0.1) is 0 Å². The molecule has 0 saturated heterocycles. The Kier molecular flexibility index (Phi) is 2.94. The fraction of sp³-hybridized carbons (Fsp3) is 0.500. The van der Waals surface area contributed by atoms with Crippen molar-refractivity contribution in [3.8, 4) is 0 Å². The number of hydrogen-bond acceptors (Lipinski definition) is 4. The van der Waals surface area contributed by atoms with Gasteiger partial charge in [0.2, 0.25) is 0 Å². The Hall–Kier alpha value is -0.740. The largest absolute Gasteiger partial charge is 0.322 e. The molecule has 2 N–H and O–H groups in total. The van der Waals surface area contributed by atoms with E-state index in [1.807, 2.05) is 13.8 Å². The van der Waals surface area contributed by atoms with E-state index < -0.39 is 0 Å². The second-order valence-corrected chi connectivity index (χ2v) is 3.53. The van der Waals surface area contributed by atoms with Crippen molar-refractivity contribution < 1.29 is 4.79 Å². The molecule has 66 valence electrons. The van der Waals surface area contributed by atoms with Crippen LogP contribution in [0.3, 0.4) is 0 Å². The Morgan fingerprint density at radius 1 is 1.83 bits per heavy atom. The van der Waals surface area contributed by atoms with Crippen molar-refractivity contribution in [1.82, 2.24) is 4.98 Å². The number of nitrogens with two attached hydrogens (primary N) is 1. The molecule has 1 unspecified atom stereocenters. The van der Waals surface area contributed by atoms with Crippen LogP contribution >= 0.6 is 11.3 Å². The monoisotopic (exact) mass is 184 g/mol. The average molecular weight is 184 g/mol. The Balaban J connectivity index is 2.84. The van der Waals surface area contributed by atoms with E-state index in [2.05, 4.69) is 4.98 Å². The third-order valence-corrected chi connectivity index (χ3v) is 2.56. The maximum Gasteiger partial charge on any atom is 0.181 e. The number of hydrogen-bond donors (Lipinski definition) is 1. The lowest BCUT2D eigenvalue weighted by atomic mass is 10.2. The topological polar surface area (TPSA) is 56.0 Å². The molecule has 12 heavy (non-hydrogen) atoms. The Morgan fingerprint density at radius 2 is 2.50 bits per heavy atom. The Bertz CT molecular complexity index is 280. The lowest BCUT2D eigenvalue weighted by molar-refractivity contribution is 0.0984. The van der Waals surface area contributed by atoms with E-state index in [0.717, 1.165) is 5.01 Å². The zero-order valence-electron chi connectivity index (χ0n) is 7.20. The molecule has 0 spiro atoms. The highest BCUT2D eigenvalue weighted by Crippen LogP contribution is 2.16. The first kappa shape index (κ1) is 9.35. The van der Waals surface area contributed by atoms with Crippen molar-refractivity contribution in [3.63, 3.8) is 0 Å². The first-order chi connectivity index (χ1) is 5.65. The molecular formula is C8H12N2OS. The summed E-state index contributed by atoms with van der Waals surface area (Å²) in [5.41, 5.74) is 6.16. The van der Waals surface area contributed by atoms with Crippen LogP contribution in [-0.2, 0) is 0 Å². The summed E-state index contributed by atoms with van der Waals surface area (Å²) in [7, 11) is 0. The summed E-state index contributed by atoms with van der Waals surface area (Å²) >= 11 is 1.44. The minimum Gasteiger partial charge on any atom is -0.322 e. The number of thiazole rings is 1. The molecule has 1 rings (SSSR count). The minimum absolute atomic E-state index is 0.0755. The summed E-state index contributed by atoms with van der Waals surface area (Å²) in [5.74, 6) is 0.0816. The van der Waals surface area contributed by atoms with E-state index in [9.17, 15) is 4.79 Å². The van der Waals surface area contributed by atoms with Gasteiger partial charge in [-0.2, -0.15) is 0 Å². The molecule has 0 aliphatic rings. The van der Waals surface area contributed by atoms with Crippen LogP contribution in [-0.4, -0.2) is 10.8 Å². The van der Waals surface area contributed by atoms with E-state index in [0.29, 0.717) is 12.1 Å². The second-order valence-electron chi connectivity index (χ2n) is 2.64. The van der Waals surface area contributed by atoms with E-state index >= 15 is 0 Å². The molecule has 0 amide bonds. The van der Waals surface area contributed by atoms with Gasteiger partial charge in [0, 0.05) is 11.8 Å². The number of carbonyl (C=O) groups excluding carboxylic acids is 1. The van der Waals surface area contributed by atoms with Gasteiger partial charge in [0.15, 0.2) is 5.78 Å². The van der Waals surface area contributed by atoms with Gasteiger partial charge in [0.1, 0.15) is 10.7 Å². The van der Waals surface area contributed by atoms with Crippen molar-refractivity contribution in [1.29, 1.82) is 0 Å². The van der Waals surface area contributed by atoms with Crippen molar-refractivity contribution in [3.05, 3.63) is 16.1 Å². The zero-order chi connectivity index (χ0) is 9.14. The summed E-state index contributed by atoms with van der Waals surface area (Å²) < 4.78 is 0. The summed E-state index contributed by atoms with van der Waals surface area (Å²) in [6, 6.07) is -0.0755. The highest BCUT2D eigenvalue weighted by atomic mass is 32.1. The number of nitrogens with zero attached hydrogens (tertiary/aromatic N) is 1. The molecule has 4 heteroatoms. The third-order valence-electron chi connectivity index (χ3n) is 1.52. The quantitative estimate of drug-likeness (QED) is 0.728. The maximum absolute atomic E-state index is 11.2. The molecule has 0 radical (unpaired) electrons. The number of aromatic nitrogens is 1. The van der Waals surface area contributed by atoms with Gasteiger partial charge in [-0.3, -0.25) is 4.79 Å². The number of Topliss-reactive ketones (excluding diaryl/α,β-unsaturated/α-hetero) is 1. The van der Waals surface area contributed by atoms with Gasteiger partial charge < -0.3 is 5.73 Å². The standard InChI is InChI=1S/C8H12N2OS/c1-3-7(11)6-4-12-8(10-6)5(2)9/h4-5H,3,9H2,1-2H3. The van der Waals surface area contributed by atoms with Crippen LogP contribution in [0.15, 0.2) is 5.38 Å². The van der Waals surface area contributed by atoms with Gasteiger partial charge in [0.25, 0.3) is 0 Å². The van der Waals surface area contributed by atoms with Crippen LogP contribution in [0.5, 0.6) is 0 Å². The molecular weight excluding hydrogens is 172 g/mol. The lowest BCUT2D eigenvalue weighted by Crippen LogP contribution is -2.05. The fourth-order valence-electron chi connectivity index (χ4n) is 0.806. The molecule has 1 aromatic heterocycles. The van der Waals surface area contributed by atoms with Crippen molar-refractivity contribution in [2.24, 2.45) is 5.73 Å². The van der Waals surface area contributed by atoms with E-state index in [-0.39, 0.29) is 11.8 Å². The molecule has 1 aromatic rings. The second kappa shape index (κ2) is 3.78. The highest BCUT2D eigenvalue weighted by molar-refractivity contribution is 7.09. The van der Waals surface area contributed by atoms with Gasteiger partial charge in [-0.25, -0.2) is 4.98 Å². The van der Waals surface area contributed by atoms with Gasteiger partial charge in [0.05, 0.1) is 6.04 Å². The molecule has 0 aliphatic carbocycles. The van der Waals surface area contributed by atoms with Crippen LogP contribution in [0.2, 0.25) is 0 Å². The molecule has 1 atom stereocenters. The Morgan fingerprint density at radius 3 is 2.92 bits per heavy atom. The summed E-state index contributed by atoms with van der Waals surface area (Å²) in [5, 5.41) is 2.59. The summed E-state index contributed by atoms with van der Waals surface area (Å²) in [6.45, 7) is 3.69.